The molecule has 1 aliphatic heterocycles. The molecule has 0 radical (unpaired) electrons. The van der Waals surface area contributed by atoms with Crippen LogP contribution in [0.15, 0.2) is 5.16 Å². The maximum atomic E-state index is 8.35. The highest BCUT2D eigenvalue weighted by Gasteiger charge is 2.12. The van der Waals surface area contributed by atoms with Crippen molar-refractivity contribution in [2.24, 2.45) is 16.8 Å². The number of thioether (sulfide) groups is 1. The van der Waals surface area contributed by atoms with Crippen LogP contribution in [0, 0.1) is 5.92 Å². The van der Waals surface area contributed by atoms with Crippen LogP contribution in [0.4, 0.5) is 0 Å². The molecule has 5 heteroatoms. The zero-order chi connectivity index (χ0) is 11.6. The molecule has 0 saturated carbocycles. The highest BCUT2D eigenvalue weighted by molar-refractivity contribution is 7.99. The number of nitrogens with zero attached hydrogens (tertiary/aromatic N) is 1. The minimum absolute atomic E-state index is 0.337. The Labute approximate surface area is 102 Å². The van der Waals surface area contributed by atoms with E-state index in [0.717, 1.165) is 31.8 Å². The van der Waals surface area contributed by atoms with E-state index >= 15 is 0 Å². The Morgan fingerprint density at radius 1 is 1.38 bits per heavy atom. The predicted molar refractivity (Wildman–Crippen MR) is 70.2 cm³/mol. The molecule has 0 atom stereocenters. The molecule has 0 aromatic carbocycles. The normalized spacial score (nSPS) is 18.9. The first-order valence-electron chi connectivity index (χ1n) is 6.08. The number of unbranched alkanes of at least 4 members (excludes halogenated alkanes) is 1. The summed E-state index contributed by atoms with van der Waals surface area (Å²) in [6.45, 7) is 2.20. The third-order valence-electron chi connectivity index (χ3n) is 2.94. The molecular weight excluding hydrogens is 222 g/mol. The van der Waals surface area contributed by atoms with Gasteiger partial charge in [0.15, 0.2) is 0 Å². The standard InChI is InChI=1S/C11H23N3OS/c12-11(14-15)3-1-2-6-13-9-10-4-7-16-8-5-10/h10,13,15H,1-9H2,(H2,12,14). The molecule has 0 aliphatic carbocycles. The van der Waals surface area contributed by atoms with Crippen LogP contribution in [0.25, 0.3) is 0 Å². The highest BCUT2D eigenvalue weighted by atomic mass is 32.2. The van der Waals surface area contributed by atoms with Gasteiger partial charge in [-0.2, -0.15) is 11.8 Å². The van der Waals surface area contributed by atoms with Gasteiger partial charge in [0, 0.05) is 6.42 Å². The highest BCUT2D eigenvalue weighted by Crippen LogP contribution is 2.21. The smallest absolute Gasteiger partial charge is 0.139 e. The van der Waals surface area contributed by atoms with Crippen molar-refractivity contribution in [2.45, 2.75) is 32.1 Å². The lowest BCUT2D eigenvalue weighted by atomic mass is 10.0. The first-order valence-corrected chi connectivity index (χ1v) is 7.23. The Hall–Kier alpha value is -0.420. The van der Waals surface area contributed by atoms with Crippen molar-refractivity contribution in [3.63, 3.8) is 0 Å². The summed E-state index contributed by atoms with van der Waals surface area (Å²) in [7, 11) is 0. The number of nitrogens with one attached hydrogen (secondary N) is 1. The van der Waals surface area contributed by atoms with Gasteiger partial charge in [-0.15, -0.1) is 0 Å². The maximum absolute atomic E-state index is 8.35. The molecule has 0 aromatic heterocycles. The summed E-state index contributed by atoms with van der Waals surface area (Å²) < 4.78 is 0. The molecule has 4 nitrogen and oxygen atoms in total. The van der Waals surface area contributed by atoms with Crippen LogP contribution >= 0.6 is 11.8 Å². The average molecular weight is 245 g/mol. The van der Waals surface area contributed by atoms with E-state index in [4.69, 9.17) is 10.9 Å². The lowest BCUT2D eigenvalue weighted by Crippen LogP contribution is -2.26. The topological polar surface area (TPSA) is 70.6 Å². The van der Waals surface area contributed by atoms with E-state index in [1.165, 1.54) is 24.3 Å². The minimum Gasteiger partial charge on any atom is -0.409 e. The average Bonchev–Trinajstić information content (AvgIpc) is 2.34. The van der Waals surface area contributed by atoms with Crippen LogP contribution in [-0.4, -0.2) is 35.6 Å². The van der Waals surface area contributed by atoms with E-state index in [-0.39, 0.29) is 0 Å². The van der Waals surface area contributed by atoms with Crippen LogP contribution in [0.2, 0.25) is 0 Å². The van der Waals surface area contributed by atoms with Crippen LogP contribution in [0.5, 0.6) is 0 Å². The van der Waals surface area contributed by atoms with E-state index in [2.05, 4.69) is 22.2 Å². The lowest BCUT2D eigenvalue weighted by Gasteiger charge is -2.21. The molecule has 1 heterocycles. The fraction of sp³-hybridized carbons (Fsp3) is 0.909. The van der Waals surface area contributed by atoms with Gasteiger partial charge >= 0.3 is 0 Å². The van der Waals surface area contributed by atoms with Gasteiger partial charge in [-0.3, -0.25) is 0 Å². The molecule has 0 spiro atoms. The van der Waals surface area contributed by atoms with Gasteiger partial charge in [0.1, 0.15) is 5.84 Å². The Morgan fingerprint density at radius 3 is 2.81 bits per heavy atom. The van der Waals surface area contributed by atoms with E-state index in [1.54, 1.807) is 0 Å². The number of rotatable bonds is 7. The summed E-state index contributed by atoms with van der Waals surface area (Å²) in [5.41, 5.74) is 5.38. The third kappa shape index (κ3) is 6.23. The zero-order valence-corrected chi connectivity index (χ0v) is 10.6. The Bertz CT molecular complexity index is 205. The SMILES string of the molecule is NC(CCCCNCC1CCSCC1)=NO. The van der Waals surface area contributed by atoms with Crippen LogP contribution < -0.4 is 11.1 Å². The maximum Gasteiger partial charge on any atom is 0.139 e. The van der Waals surface area contributed by atoms with Gasteiger partial charge in [-0.1, -0.05) is 5.16 Å². The second-order valence-corrected chi connectivity index (χ2v) is 5.53. The Morgan fingerprint density at radius 2 is 2.12 bits per heavy atom. The minimum atomic E-state index is 0.337. The second-order valence-electron chi connectivity index (χ2n) is 4.31. The van der Waals surface area contributed by atoms with E-state index in [1.807, 2.05) is 0 Å². The number of hydrogen-bond donors (Lipinski definition) is 3. The molecule has 0 bridgehead atoms. The van der Waals surface area contributed by atoms with Crippen molar-refractivity contribution in [1.82, 2.24) is 5.32 Å². The summed E-state index contributed by atoms with van der Waals surface area (Å²) >= 11 is 2.07. The first-order chi connectivity index (χ1) is 7.83. The molecule has 0 amide bonds. The van der Waals surface area contributed by atoms with Crippen molar-refractivity contribution >= 4 is 17.6 Å². The van der Waals surface area contributed by atoms with Gasteiger partial charge in [0.05, 0.1) is 0 Å². The van der Waals surface area contributed by atoms with Crippen LogP contribution in [0.1, 0.15) is 32.1 Å². The Kier molecular flexibility index (Phi) is 7.42. The quantitative estimate of drug-likeness (QED) is 0.210. The third-order valence-corrected chi connectivity index (χ3v) is 3.99. The first kappa shape index (κ1) is 13.6. The summed E-state index contributed by atoms with van der Waals surface area (Å²) in [6.07, 6.45) is 5.50. The summed E-state index contributed by atoms with van der Waals surface area (Å²) in [5.74, 6) is 3.88. The molecule has 0 unspecified atom stereocenters. The molecule has 1 fully saturated rings. The van der Waals surface area contributed by atoms with Crippen molar-refractivity contribution in [3.05, 3.63) is 0 Å². The molecule has 1 aliphatic rings. The van der Waals surface area contributed by atoms with E-state index in [0.29, 0.717) is 12.3 Å². The number of nitrogens with two attached hydrogens (primary N) is 1. The van der Waals surface area contributed by atoms with Gasteiger partial charge in [0.25, 0.3) is 0 Å². The molecule has 1 saturated heterocycles. The van der Waals surface area contributed by atoms with Crippen molar-refractivity contribution in [3.8, 4) is 0 Å². The molecule has 94 valence electrons. The predicted octanol–water partition coefficient (Wildman–Crippen LogP) is 1.64. The van der Waals surface area contributed by atoms with Gasteiger partial charge in [-0.25, -0.2) is 0 Å². The van der Waals surface area contributed by atoms with Crippen molar-refractivity contribution < 1.29 is 5.21 Å². The molecule has 4 N–H and O–H groups in total. The summed E-state index contributed by atoms with van der Waals surface area (Å²) in [4.78, 5) is 0. The lowest BCUT2D eigenvalue weighted by molar-refractivity contribution is 0.316. The second kappa shape index (κ2) is 8.70. The van der Waals surface area contributed by atoms with E-state index in [9.17, 15) is 0 Å². The fourth-order valence-electron chi connectivity index (χ4n) is 1.86. The van der Waals surface area contributed by atoms with Gasteiger partial charge in [0.2, 0.25) is 0 Å². The Balaban J connectivity index is 1.87. The van der Waals surface area contributed by atoms with E-state index < -0.39 is 0 Å². The number of oxime groups is 1. The molecule has 1 rings (SSSR count). The van der Waals surface area contributed by atoms with Crippen LogP contribution in [0.3, 0.4) is 0 Å². The monoisotopic (exact) mass is 245 g/mol. The molecular formula is C11H23N3OS. The van der Waals surface area contributed by atoms with Gasteiger partial charge in [-0.05, 0) is 56.2 Å². The van der Waals surface area contributed by atoms with Gasteiger partial charge < -0.3 is 16.3 Å². The largest absolute Gasteiger partial charge is 0.409 e. The number of hydrogen-bond acceptors (Lipinski definition) is 4. The van der Waals surface area contributed by atoms with Crippen molar-refractivity contribution in [1.29, 1.82) is 0 Å². The summed E-state index contributed by atoms with van der Waals surface area (Å²) in [5, 5.41) is 14.8. The zero-order valence-electron chi connectivity index (χ0n) is 9.82. The number of amidine groups is 1. The molecule has 16 heavy (non-hydrogen) atoms. The fourth-order valence-corrected chi connectivity index (χ4v) is 3.07. The van der Waals surface area contributed by atoms with Crippen LogP contribution in [-0.2, 0) is 0 Å². The van der Waals surface area contributed by atoms with Crippen molar-refractivity contribution in [2.75, 3.05) is 24.6 Å². The summed E-state index contributed by atoms with van der Waals surface area (Å²) in [6, 6.07) is 0. The molecule has 0 aromatic rings.